The van der Waals surface area contributed by atoms with Crippen molar-refractivity contribution in [3.8, 4) is 11.5 Å². The molecule has 22 heavy (non-hydrogen) atoms. The molecule has 0 heterocycles. The molecule has 0 aliphatic rings. The van der Waals surface area contributed by atoms with Crippen molar-refractivity contribution in [1.82, 2.24) is 0 Å². The average molecular weight is 302 g/mol. The van der Waals surface area contributed by atoms with Gasteiger partial charge in [0.1, 0.15) is 23.5 Å². The molecule has 0 amide bonds. The molecule has 6 nitrogen and oxygen atoms in total. The van der Waals surface area contributed by atoms with Crippen molar-refractivity contribution < 1.29 is 29.3 Å². The van der Waals surface area contributed by atoms with E-state index >= 15 is 0 Å². The zero-order valence-corrected chi connectivity index (χ0v) is 11.5. The molecule has 1 atom stereocenters. The van der Waals surface area contributed by atoms with Crippen LogP contribution in [0.4, 0.5) is 0 Å². The molecule has 2 rings (SSSR count). The maximum Gasteiger partial charge on any atom is 0.339 e. The second-order valence-electron chi connectivity index (χ2n) is 4.38. The third kappa shape index (κ3) is 4.24. The molecule has 0 fully saturated rings. The normalized spacial score (nSPS) is 11.5. The molecule has 0 saturated heterocycles. The van der Waals surface area contributed by atoms with Gasteiger partial charge < -0.3 is 19.7 Å². The van der Waals surface area contributed by atoms with Crippen LogP contribution in [0.1, 0.15) is 16.8 Å². The summed E-state index contributed by atoms with van der Waals surface area (Å²) in [5, 5.41) is 18.1. The maximum atomic E-state index is 11.1. The van der Waals surface area contributed by atoms with Gasteiger partial charge in [-0.2, -0.15) is 0 Å². The van der Waals surface area contributed by atoms with Gasteiger partial charge in [-0.15, -0.1) is 0 Å². The minimum Gasteiger partial charge on any atom is -0.481 e. The number of rotatable bonds is 7. The molecule has 0 aliphatic carbocycles. The third-order valence-corrected chi connectivity index (χ3v) is 2.73. The molecule has 2 aromatic rings. The number of hydrogen-bond donors (Lipinski definition) is 2. The number of carboxylic acid groups (broad SMARTS) is 2. The second kappa shape index (κ2) is 7.12. The van der Waals surface area contributed by atoms with E-state index in [1.54, 1.807) is 42.5 Å². The number of hydrogen-bond acceptors (Lipinski definition) is 4. The lowest BCUT2D eigenvalue weighted by atomic mass is 10.2. The predicted octanol–water partition coefficient (Wildman–Crippen LogP) is 2.64. The number of para-hydroxylation sites is 2. The first-order valence-electron chi connectivity index (χ1n) is 6.48. The Morgan fingerprint density at radius 1 is 0.909 bits per heavy atom. The molecule has 0 aliphatic heterocycles. The monoisotopic (exact) mass is 302 g/mol. The fourth-order valence-corrected chi connectivity index (χ4v) is 1.79. The first-order valence-corrected chi connectivity index (χ1v) is 6.48. The van der Waals surface area contributed by atoms with Crippen LogP contribution in [0, 0.1) is 0 Å². The van der Waals surface area contributed by atoms with Crippen molar-refractivity contribution in [1.29, 1.82) is 0 Å². The third-order valence-electron chi connectivity index (χ3n) is 2.73. The van der Waals surface area contributed by atoms with Crippen molar-refractivity contribution in [2.24, 2.45) is 0 Å². The molecular formula is C16H14O6. The number of carbonyl (C=O) groups is 2. The van der Waals surface area contributed by atoms with E-state index in [4.69, 9.17) is 19.7 Å². The zero-order valence-electron chi connectivity index (χ0n) is 11.5. The van der Waals surface area contributed by atoms with Crippen LogP contribution in [0.3, 0.4) is 0 Å². The van der Waals surface area contributed by atoms with Gasteiger partial charge in [-0.25, -0.2) is 4.79 Å². The Balaban J connectivity index is 2.20. The van der Waals surface area contributed by atoms with Crippen molar-refractivity contribution >= 4 is 11.9 Å². The SMILES string of the molecule is O=C(O)CC(Oc1ccccc1)Oc1ccccc1C(=O)O. The van der Waals surface area contributed by atoms with E-state index < -0.39 is 24.6 Å². The van der Waals surface area contributed by atoms with Crippen molar-refractivity contribution in [3.63, 3.8) is 0 Å². The first kappa shape index (κ1) is 15.4. The summed E-state index contributed by atoms with van der Waals surface area (Å²) >= 11 is 0. The van der Waals surface area contributed by atoms with Gasteiger partial charge in [-0.3, -0.25) is 4.79 Å². The Labute approximate surface area is 126 Å². The van der Waals surface area contributed by atoms with E-state index in [0.29, 0.717) is 5.75 Å². The van der Waals surface area contributed by atoms with E-state index in [1.807, 2.05) is 0 Å². The Kier molecular flexibility index (Phi) is 4.98. The molecule has 0 bridgehead atoms. The fraction of sp³-hybridized carbons (Fsp3) is 0.125. The largest absolute Gasteiger partial charge is 0.481 e. The van der Waals surface area contributed by atoms with Gasteiger partial charge in [0.15, 0.2) is 0 Å². The summed E-state index contributed by atoms with van der Waals surface area (Å²) in [5.74, 6) is -1.79. The van der Waals surface area contributed by atoms with Gasteiger partial charge in [0.05, 0.1) is 0 Å². The Morgan fingerprint density at radius 3 is 2.18 bits per heavy atom. The lowest BCUT2D eigenvalue weighted by Crippen LogP contribution is -2.27. The van der Waals surface area contributed by atoms with E-state index in [-0.39, 0.29) is 11.3 Å². The summed E-state index contributed by atoms with van der Waals surface area (Å²) in [7, 11) is 0. The van der Waals surface area contributed by atoms with Gasteiger partial charge in [0.2, 0.25) is 0 Å². The smallest absolute Gasteiger partial charge is 0.339 e. The lowest BCUT2D eigenvalue weighted by molar-refractivity contribution is -0.142. The van der Waals surface area contributed by atoms with Crippen LogP contribution in [0.5, 0.6) is 11.5 Å². The van der Waals surface area contributed by atoms with Crippen molar-refractivity contribution in [3.05, 3.63) is 60.2 Å². The summed E-state index contributed by atoms with van der Waals surface area (Å²) in [6.07, 6.45) is -1.57. The highest BCUT2D eigenvalue weighted by molar-refractivity contribution is 5.90. The Bertz CT molecular complexity index is 653. The van der Waals surface area contributed by atoms with E-state index in [0.717, 1.165) is 0 Å². The van der Waals surface area contributed by atoms with E-state index in [9.17, 15) is 9.59 Å². The topological polar surface area (TPSA) is 93.1 Å². The van der Waals surface area contributed by atoms with Gasteiger partial charge >= 0.3 is 11.9 Å². The highest BCUT2D eigenvalue weighted by Crippen LogP contribution is 2.22. The summed E-state index contributed by atoms with van der Waals surface area (Å²) < 4.78 is 10.9. The molecule has 2 aromatic carbocycles. The summed E-state index contributed by atoms with van der Waals surface area (Å²) in [6, 6.07) is 14.5. The Hall–Kier alpha value is -3.02. The molecule has 1 unspecified atom stereocenters. The zero-order chi connectivity index (χ0) is 15.9. The van der Waals surface area contributed by atoms with Gasteiger partial charge in [0, 0.05) is 0 Å². The lowest BCUT2D eigenvalue weighted by Gasteiger charge is -2.20. The standard InChI is InChI=1S/C16H14O6/c17-14(18)10-15(21-11-6-2-1-3-7-11)22-13-9-5-4-8-12(13)16(19)20/h1-9,15H,10H2,(H,17,18)(H,19,20). The highest BCUT2D eigenvalue weighted by atomic mass is 16.7. The number of benzene rings is 2. The molecule has 0 saturated carbocycles. The molecule has 114 valence electrons. The molecule has 0 radical (unpaired) electrons. The molecule has 6 heteroatoms. The summed E-state index contributed by atoms with van der Waals surface area (Å²) in [5.41, 5.74) is -0.0606. The molecule has 2 N–H and O–H groups in total. The molecular weight excluding hydrogens is 288 g/mol. The van der Waals surface area contributed by atoms with Crippen LogP contribution in [-0.4, -0.2) is 28.4 Å². The predicted molar refractivity (Wildman–Crippen MR) is 77.1 cm³/mol. The van der Waals surface area contributed by atoms with Crippen molar-refractivity contribution in [2.45, 2.75) is 12.7 Å². The van der Waals surface area contributed by atoms with Gasteiger partial charge in [-0.05, 0) is 24.3 Å². The van der Waals surface area contributed by atoms with Gasteiger partial charge in [-0.1, -0.05) is 30.3 Å². The number of aliphatic carboxylic acids is 1. The fourth-order valence-electron chi connectivity index (χ4n) is 1.79. The minimum absolute atomic E-state index is 0.0529. The van der Waals surface area contributed by atoms with Gasteiger partial charge in [0.25, 0.3) is 6.29 Å². The second-order valence-corrected chi connectivity index (χ2v) is 4.38. The van der Waals surface area contributed by atoms with E-state index in [1.165, 1.54) is 12.1 Å². The molecule has 0 spiro atoms. The van der Waals surface area contributed by atoms with Crippen LogP contribution in [0.15, 0.2) is 54.6 Å². The summed E-state index contributed by atoms with van der Waals surface area (Å²) in [4.78, 5) is 22.1. The molecule has 0 aromatic heterocycles. The first-order chi connectivity index (χ1) is 10.6. The number of ether oxygens (including phenoxy) is 2. The average Bonchev–Trinajstić information content (AvgIpc) is 2.48. The van der Waals surface area contributed by atoms with Crippen LogP contribution in [-0.2, 0) is 4.79 Å². The van der Waals surface area contributed by atoms with Crippen LogP contribution in [0.2, 0.25) is 0 Å². The highest BCUT2D eigenvalue weighted by Gasteiger charge is 2.20. The quantitative estimate of drug-likeness (QED) is 0.764. The van der Waals surface area contributed by atoms with E-state index in [2.05, 4.69) is 0 Å². The number of aromatic carboxylic acids is 1. The van der Waals surface area contributed by atoms with Crippen LogP contribution in [0.25, 0.3) is 0 Å². The van der Waals surface area contributed by atoms with Crippen LogP contribution >= 0.6 is 0 Å². The summed E-state index contributed by atoms with van der Waals surface area (Å²) in [6.45, 7) is 0. The maximum absolute atomic E-state index is 11.1. The minimum atomic E-state index is -1.16. The van der Waals surface area contributed by atoms with Crippen LogP contribution < -0.4 is 9.47 Å². The van der Waals surface area contributed by atoms with Crippen molar-refractivity contribution in [2.75, 3.05) is 0 Å². The Morgan fingerprint density at radius 2 is 1.55 bits per heavy atom. The number of carboxylic acids is 2.